The summed E-state index contributed by atoms with van der Waals surface area (Å²) < 4.78 is 5.43. The number of carbonyl (C=O) groups excluding carboxylic acids is 1. The number of likely N-dealkylation sites (tertiary alicyclic amines) is 1. The summed E-state index contributed by atoms with van der Waals surface area (Å²) in [7, 11) is 4.23. The largest absolute Gasteiger partial charge is 0.464 e. The van der Waals surface area contributed by atoms with Gasteiger partial charge in [0.25, 0.3) is 0 Å². The van der Waals surface area contributed by atoms with Crippen LogP contribution in [-0.4, -0.2) is 86.2 Å². The zero-order valence-electron chi connectivity index (χ0n) is 13.9. The molecule has 2 heterocycles. The van der Waals surface area contributed by atoms with Gasteiger partial charge in [0.2, 0.25) is 0 Å². The molecule has 1 atom stereocenters. The monoisotopic (exact) mass is 297 g/mol. The average Bonchev–Trinajstić information content (AvgIpc) is 2.49. The lowest BCUT2D eigenvalue weighted by Crippen LogP contribution is -2.58. The van der Waals surface area contributed by atoms with E-state index in [1.807, 2.05) is 7.05 Å². The number of esters is 1. The Morgan fingerprint density at radius 3 is 2.52 bits per heavy atom. The van der Waals surface area contributed by atoms with Crippen LogP contribution in [0.4, 0.5) is 0 Å². The number of piperidine rings is 1. The maximum atomic E-state index is 12.3. The van der Waals surface area contributed by atoms with Gasteiger partial charge in [-0.05, 0) is 46.4 Å². The minimum atomic E-state index is -0.0877. The topological polar surface area (TPSA) is 36.0 Å². The summed E-state index contributed by atoms with van der Waals surface area (Å²) in [6, 6.07) is 0.552. The first kappa shape index (κ1) is 16.7. The van der Waals surface area contributed by atoms with Crippen molar-refractivity contribution in [1.29, 1.82) is 0 Å². The van der Waals surface area contributed by atoms with E-state index >= 15 is 0 Å². The highest BCUT2D eigenvalue weighted by atomic mass is 16.5. The highest BCUT2D eigenvalue weighted by molar-refractivity contribution is 5.76. The maximum Gasteiger partial charge on any atom is 0.324 e. The molecule has 0 saturated carbocycles. The van der Waals surface area contributed by atoms with Crippen molar-refractivity contribution in [2.24, 2.45) is 0 Å². The quantitative estimate of drug-likeness (QED) is 0.560. The third kappa shape index (κ3) is 4.66. The van der Waals surface area contributed by atoms with Crippen LogP contribution in [0.15, 0.2) is 0 Å². The van der Waals surface area contributed by atoms with Crippen LogP contribution in [0.3, 0.4) is 0 Å². The van der Waals surface area contributed by atoms with Crippen LogP contribution in [0.25, 0.3) is 0 Å². The molecule has 2 rings (SSSR count). The van der Waals surface area contributed by atoms with Gasteiger partial charge in [-0.2, -0.15) is 0 Å². The molecule has 21 heavy (non-hydrogen) atoms. The summed E-state index contributed by atoms with van der Waals surface area (Å²) in [6.45, 7) is 7.88. The zero-order valence-corrected chi connectivity index (χ0v) is 13.9. The van der Waals surface area contributed by atoms with Crippen molar-refractivity contribution in [3.8, 4) is 0 Å². The summed E-state index contributed by atoms with van der Waals surface area (Å²) in [5, 5.41) is 0. The van der Waals surface area contributed by atoms with Crippen molar-refractivity contribution in [3.05, 3.63) is 0 Å². The fourth-order valence-corrected chi connectivity index (χ4v) is 3.25. The molecule has 2 aliphatic rings. The van der Waals surface area contributed by atoms with Gasteiger partial charge in [-0.3, -0.25) is 14.6 Å². The van der Waals surface area contributed by atoms with Crippen LogP contribution in [0.1, 0.15) is 32.6 Å². The van der Waals surface area contributed by atoms with Gasteiger partial charge in [0.1, 0.15) is 6.04 Å². The van der Waals surface area contributed by atoms with Crippen LogP contribution < -0.4 is 0 Å². The summed E-state index contributed by atoms with van der Waals surface area (Å²) in [5.74, 6) is -0.0384. The summed E-state index contributed by atoms with van der Waals surface area (Å²) >= 11 is 0. The second-order valence-corrected chi connectivity index (χ2v) is 6.55. The minimum absolute atomic E-state index is 0.0384. The zero-order chi connectivity index (χ0) is 15.2. The Labute approximate surface area is 129 Å². The Balaban J connectivity index is 1.85. The Kier molecular flexibility index (Phi) is 6.45. The molecule has 0 radical (unpaired) electrons. The van der Waals surface area contributed by atoms with E-state index in [9.17, 15) is 4.79 Å². The molecule has 0 amide bonds. The summed E-state index contributed by atoms with van der Waals surface area (Å²) in [5.41, 5.74) is 0. The Morgan fingerprint density at radius 2 is 1.86 bits per heavy atom. The lowest BCUT2D eigenvalue weighted by Gasteiger charge is -2.44. The van der Waals surface area contributed by atoms with Crippen LogP contribution in [0.2, 0.25) is 0 Å². The molecule has 2 saturated heterocycles. The number of piperazine rings is 1. The number of unbranched alkanes of at least 4 members (excludes halogenated alkanes) is 1. The molecule has 0 aromatic heterocycles. The van der Waals surface area contributed by atoms with Crippen LogP contribution in [0.5, 0.6) is 0 Å². The highest BCUT2D eigenvalue weighted by Gasteiger charge is 2.34. The van der Waals surface area contributed by atoms with E-state index in [4.69, 9.17) is 4.74 Å². The molecule has 0 N–H and O–H groups in total. The van der Waals surface area contributed by atoms with Gasteiger partial charge >= 0.3 is 5.97 Å². The van der Waals surface area contributed by atoms with Crippen LogP contribution in [-0.2, 0) is 9.53 Å². The maximum absolute atomic E-state index is 12.3. The van der Waals surface area contributed by atoms with E-state index in [-0.39, 0.29) is 12.0 Å². The van der Waals surface area contributed by atoms with Gasteiger partial charge in [0.05, 0.1) is 6.61 Å². The van der Waals surface area contributed by atoms with Crippen molar-refractivity contribution >= 4 is 5.97 Å². The minimum Gasteiger partial charge on any atom is -0.464 e. The smallest absolute Gasteiger partial charge is 0.324 e. The molecule has 0 bridgehead atoms. The van der Waals surface area contributed by atoms with Gasteiger partial charge in [-0.1, -0.05) is 13.3 Å². The molecule has 0 aromatic carbocycles. The van der Waals surface area contributed by atoms with Crippen molar-refractivity contribution in [1.82, 2.24) is 14.7 Å². The van der Waals surface area contributed by atoms with Crippen molar-refractivity contribution in [2.75, 3.05) is 53.4 Å². The molecular weight excluding hydrogens is 266 g/mol. The lowest BCUT2D eigenvalue weighted by molar-refractivity contribution is -0.152. The Bertz CT molecular complexity index is 329. The van der Waals surface area contributed by atoms with Crippen molar-refractivity contribution in [3.63, 3.8) is 0 Å². The predicted octanol–water partition coefficient (Wildman–Crippen LogP) is 1.04. The van der Waals surface area contributed by atoms with E-state index in [1.54, 1.807) is 0 Å². The van der Waals surface area contributed by atoms with Gasteiger partial charge in [-0.25, -0.2) is 0 Å². The number of hydrogen-bond acceptors (Lipinski definition) is 5. The second kappa shape index (κ2) is 8.11. The van der Waals surface area contributed by atoms with Gasteiger partial charge in [0.15, 0.2) is 0 Å². The first-order valence-electron chi connectivity index (χ1n) is 8.41. The SMILES string of the molecule is CCCCOC(=O)C1CN(C2CCN(C)CC2)CCN1C. The van der Waals surface area contributed by atoms with E-state index in [1.165, 1.54) is 25.9 Å². The second-order valence-electron chi connectivity index (χ2n) is 6.55. The number of ether oxygens (including phenoxy) is 1. The van der Waals surface area contributed by atoms with Gasteiger partial charge in [-0.15, -0.1) is 0 Å². The highest BCUT2D eigenvalue weighted by Crippen LogP contribution is 2.19. The number of carbonyl (C=O) groups is 1. The molecule has 5 nitrogen and oxygen atoms in total. The fraction of sp³-hybridized carbons (Fsp3) is 0.938. The van der Waals surface area contributed by atoms with E-state index < -0.39 is 0 Å². The van der Waals surface area contributed by atoms with Crippen molar-refractivity contribution in [2.45, 2.75) is 44.7 Å². The molecule has 5 heteroatoms. The average molecular weight is 297 g/mol. The number of nitrogens with zero attached hydrogens (tertiary/aromatic N) is 3. The van der Waals surface area contributed by atoms with Crippen LogP contribution >= 0.6 is 0 Å². The predicted molar refractivity (Wildman–Crippen MR) is 84.4 cm³/mol. The molecule has 1 unspecified atom stereocenters. The van der Waals surface area contributed by atoms with Gasteiger partial charge in [0, 0.05) is 25.7 Å². The molecular formula is C16H31N3O2. The third-order valence-electron chi connectivity index (χ3n) is 4.90. The lowest BCUT2D eigenvalue weighted by atomic mass is 10.0. The summed E-state index contributed by atoms with van der Waals surface area (Å²) in [6.07, 6.45) is 4.46. The number of hydrogen-bond donors (Lipinski definition) is 0. The Morgan fingerprint density at radius 1 is 1.14 bits per heavy atom. The molecule has 122 valence electrons. The molecule has 0 aliphatic carbocycles. The number of rotatable bonds is 5. The molecule has 2 aliphatic heterocycles. The van der Waals surface area contributed by atoms with Crippen molar-refractivity contribution < 1.29 is 9.53 Å². The third-order valence-corrected chi connectivity index (χ3v) is 4.90. The van der Waals surface area contributed by atoms with Gasteiger partial charge < -0.3 is 9.64 Å². The first-order chi connectivity index (χ1) is 10.1. The molecule has 0 aromatic rings. The van der Waals surface area contributed by atoms with E-state index in [0.717, 1.165) is 32.5 Å². The fourth-order valence-electron chi connectivity index (χ4n) is 3.25. The Hall–Kier alpha value is -0.650. The van der Waals surface area contributed by atoms with E-state index in [2.05, 4.69) is 28.7 Å². The normalized spacial score (nSPS) is 26.9. The first-order valence-corrected chi connectivity index (χ1v) is 8.41. The van der Waals surface area contributed by atoms with Crippen LogP contribution in [0, 0.1) is 0 Å². The standard InChI is InChI=1S/C16H31N3O2/c1-4-5-12-21-16(20)15-13-19(11-10-18(15)3)14-6-8-17(2)9-7-14/h14-15H,4-13H2,1-3H3. The molecule has 2 fully saturated rings. The molecule has 0 spiro atoms. The van der Waals surface area contributed by atoms with E-state index in [0.29, 0.717) is 12.6 Å². The number of likely N-dealkylation sites (N-methyl/N-ethyl adjacent to an activating group) is 1. The summed E-state index contributed by atoms with van der Waals surface area (Å²) in [4.78, 5) is 19.3.